The molecule has 0 bridgehead atoms. The van der Waals surface area contributed by atoms with Gasteiger partial charge in [-0.1, -0.05) is 31.5 Å². The molecule has 0 aromatic heterocycles. The van der Waals surface area contributed by atoms with Crippen LogP contribution in [0.5, 0.6) is 0 Å². The molecule has 0 saturated heterocycles. The van der Waals surface area contributed by atoms with Crippen molar-refractivity contribution in [2.45, 2.75) is 52.1 Å². The quantitative estimate of drug-likeness (QED) is 0.760. The van der Waals surface area contributed by atoms with E-state index in [9.17, 15) is 4.79 Å². The maximum Gasteiger partial charge on any atom is 0.235 e. The minimum absolute atomic E-state index is 0.0621. The average molecular weight is 286 g/mol. The van der Waals surface area contributed by atoms with Crippen LogP contribution < -0.4 is 5.73 Å². The number of ether oxygens (including phenoxy) is 1. The van der Waals surface area contributed by atoms with Gasteiger partial charge in [0.2, 0.25) is 5.91 Å². The van der Waals surface area contributed by atoms with Gasteiger partial charge in [0.25, 0.3) is 0 Å². The first-order chi connectivity index (χ1) is 8.90. The summed E-state index contributed by atoms with van der Waals surface area (Å²) in [4.78, 5) is 14.7. The number of hydrogen-bond acceptors (Lipinski definition) is 3. The number of thiocarbonyl (C=S) groups is 1. The van der Waals surface area contributed by atoms with E-state index in [1.165, 1.54) is 0 Å². The lowest BCUT2D eigenvalue weighted by molar-refractivity contribution is -0.139. The highest BCUT2D eigenvalue weighted by Gasteiger charge is 2.43. The molecule has 1 amide bonds. The second kappa shape index (κ2) is 7.20. The molecular weight excluding hydrogens is 260 g/mol. The zero-order valence-corrected chi connectivity index (χ0v) is 13.1. The van der Waals surface area contributed by atoms with Crippen molar-refractivity contribution in [1.82, 2.24) is 4.90 Å². The molecule has 1 rings (SSSR count). The van der Waals surface area contributed by atoms with Crippen molar-refractivity contribution in [3.8, 4) is 0 Å². The minimum Gasteiger partial charge on any atom is -0.392 e. The van der Waals surface area contributed by atoms with Crippen LogP contribution in [0.1, 0.15) is 46.0 Å². The molecule has 2 N–H and O–H groups in total. The van der Waals surface area contributed by atoms with E-state index in [0.29, 0.717) is 18.1 Å². The molecule has 19 heavy (non-hydrogen) atoms. The molecule has 1 aliphatic carbocycles. The first-order valence-electron chi connectivity index (χ1n) is 7.07. The molecule has 1 saturated carbocycles. The molecule has 0 atom stereocenters. The van der Waals surface area contributed by atoms with Gasteiger partial charge in [-0.25, -0.2) is 0 Å². The molecule has 0 spiro atoms. The number of amides is 1. The molecule has 0 aliphatic heterocycles. The smallest absolute Gasteiger partial charge is 0.235 e. The highest BCUT2D eigenvalue weighted by Crippen LogP contribution is 2.38. The molecule has 0 aromatic carbocycles. The summed E-state index contributed by atoms with van der Waals surface area (Å²) in [7, 11) is 1.81. The van der Waals surface area contributed by atoms with Crippen LogP contribution in [0.15, 0.2) is 0 Å². The van der Waals surface area contributed by atoms with Crippen molar-refractivity contribution in [3.63, 3.8) is 0 Å². The summed E-state index contributed by atoms with van der Waals surface area (Å²) >= 11 is 5.18. The summed E-state index contributed by atoms with van der Waals surface area (Å²) < 4.78 is 5.49. The molecular formula is C14H26N2O2S. The van der Waals surface area contributed by atoms with Gasteiger partial charge in [0.05, 0.1) is 23.1 Å². The SMILES string of the molecule is CC(C)OCCN(C)C(=O)C1(C(N)=S)CCCCC1. The van der Waals surface area contributed by atoms with E-state index in [1.807, 2.05) is 13.8 Å². The minimum atomic E-state index is -0.611. The molecule has 5 heteroatoms. The molecule has 1 aliphatic rings. The van der Waals surface area contributed by atoms with E-state index in [2.05, 4.69) is 0 Å². The van der Waals surface area contributed by atoms with Gasteiger partial charge in [0, 0.05) is 13.6 Å². The van der Waals surface area contributed by atoms with Gasteiger partial charge in [-0.3, -0.25) is 4.79 Å². The Morgan fingerprint density at radius 3 is 2.42 bits per heavy atom. The predicted molar refractivity (Wildman–Crippen MR) is 81.0 cm³/mol. The van der Waals surface area contributed by atoms with Gasteiger partial charge in [-0.15, -0.1) is 0 Å². The molecule has 0 unspecified atom stereocenters. The Morgan fingerprint density at radius 1 is 1.37 bits per heavy atom. The van der Waals surface area contributed by atoms with Crippen LogP contribution in [-0.2, 0) is 9.53 Å². The first-order valence-corrected chi connectivity index (χ1v) is 7.48. The third-order valence-corrected chi connectivity index (χ3v) is 4.20. The molecule has 1 fully saturated rings. The van der Waals surface area contributed by atoms with Crippen LogP contribution in [0.2, 0.25) is 0 Å². The number of nitrogens with two attached hydrogens (primary N) is 1. The highest BCUT2D eigenvalue weighted by atomic mass is 32.1. The van der Waals surface area contributed by atoms with Crippen LogP contribution in [-0.4, -0.2) is 42.1 Å². The fourth-order valence-corrected chi connectivity index (χ4v) is 2.90. The van der Waals surface area contributed by atoms with E-state index < -0.39 is 5.41 Å². The zero-order valence-electron chi connectivity index (χ0n) is 12.3. The van der Waals surface area contributed by atoms with Crippen LogP contribution in [0, 0.1) is 5.41 Å². The lowest BCUT2D eigenvalue weighted by atomic mass is 9.73. The first kappa shape index (κ1) is 16.4. The largest absolute Gasteiger partial charge is 0.392 e. The summed E-state index contributed by atoms with van der Waals surface area (Å²) in [6.07, 6.45) is 4.98. The van der Waals surface area contributed by atoms with Gasteiger partial charge >= 0.3 is 0 Å². The Labute approximate surface area is 121 Å². The Bertz CT molecular complexity index is 325. The van der Waals surface area contributed by atoms with Crippen molar-refractivity contribution < 1.29 is 9.53 Å². The number of carbonyl (C=O) groups excluding carboxylic acids is 1. The van der Waals surface area contributed by atoms with Gasteiger partial charge < -0.3 is 15.4 Å². The third kappa shape index (κ3) is 4.14. The van der Waals surface area contributed by atoms with Crippen molar-refractivity contribution in [1.29, 1.82) is 0 Å². The van der Waals surface area contributed by atoms with Crippen molar-refractivity contribution in [2.75, 3.05) is 20.2 Å². The van der Waals surface area contributed by atoms with Crippen molar-refractivity contribution >= 4 is 23.1 Å². The fraction of sp³-hybridized carbons (Fsp3) is 0.857. The van der Waals surface area contributed by atoms with Gasteiger partial charge in [-0.05, 0) is 26.7 Å². The fourth-order valence-electron chi connectivity index (χ4n) is 2.61. The Morgan fingerprint density at radius 2 is 1.95 bits per heavy atom. The molecule has 110 valence electrons. The van der Waals surface area contributed by atoms with Gasteiger partial charge in [0.15, 0.2) is 0 Å². The summed E-state index contributed by atoms with van der Waals surface area (Å²) in [5.74, 6) is 0.0621. The summed E-state index contributed by atoms with van der Waals surface area (Å²) in [5.41, 5.74) is 5.26. The highest BCUT2D eigenvalue weighted by molar-refractivity contribution is 7.80. The monoisotopic (exact) mass is 286 g/mol. The van der Waals surface area contributed by atoms with Crippen molar-refractivity contribution in [2.24, 2.45) is 11.1 Å². The molecule has 4 nitrogen and oxygen atoms in total. The Balaban J connectivity index is 2.63. The van der Waals surface area contributed by atoms with E-state index in [4.69, 9.17) is 22.7 Å². The number of nitrogens with zero attached hydrogens (tertiary/aromatic N) is 1. The van der Waals surface area contributed by atoms with Crippen LogP contribution in [0.3, 0.4) is 0 Å². The molecule has 0 aromatic rings. The average Bonchev–Trinajstić information content (AvgIpc) is 2.37. The number of rotatable bonds is 6. The van der Waals surface area contributed by atoms with Crippen LogP contribution in [0.25, 0.3) is 0 Å². The van der Waals surface area contributed by atoms with E-state index >= 15 is 0 Å². The van der Waals surface area contributed by atoms with Gasteiger partial charge in [-0.2, -0.15) is 0 Å². The van der Waals surface area contributed by atoms with Crippen LogP contribution in [0.4, 0.5) is 0 Å². The number of carbonyl (C=O) groups is 1. The van der Waals surface area contributed by atoms with Gasteiger partial charge in [0.1, 0.15) is 0 Å². The lowest BCUT2D eigenvalue weighted by Gasteiger charge is -2.37. The van der Waals surface area contributed by atoms with E-state index in [-0.39, 0.29) is 12.0 Å². The molecule has 0 heterocycles. The molecule has 0 radical (unpaired) electrons. The maximum absolute atomic E-state index is 12.6. The second-order valence-corrected chi connectivity index (χ2v) is 6.09. The van der Waals surface area contributed by atoms with Crippen molar-refractivity contribution in [3.05, 3.63) is 0 Å². The maximum atomic E-state index is 12.6. The summed E-state index contributed by atoms with van der Waals surface area (Å²) in [6, 6.07) is 0. The Hall–Kier alpha value is -0.680. The summed E-state index contributed by atoms with van der Waals surface area (Å²) in [5, 5.41) is 0. The predicted octanol–water partition coefficient (Wildman–Crippen LogP) is 2.11. The number of likely N-dealkylation sites (N-methyl/N-ethyl adjacent to an activating group) is 1. The standard InChI is InChI=1S/C14H26N2O2S/c1-11(2)18-10-9-16(3)13(17)14(12(15)19)7-5-4-6-8-14/h11H,4-10H2,1-3H3,(H2,15,19). The topological polar surface area (TPSA) is 55.6 Å². The van der Waals surface area contributed by atoms with Crippen LogP contribution >= 0.6 is 12.2 Å². The normalized spacial score (nSPS) is 18.3. The van der Waals surface area contributed by atoms with E-state index in [0.717, 1.165) is 32.1 Å². The third-order valence-electron chi connectivity index (χ3n) is 3.81. The lowest BCUT2D eigenvalue weighted by Crippen LogP contribution is -2.51. The second-order valence-electron chi connectivity index (χ2n) is 5.65. The Kier molecular flexibility index (Phi) is 6.20. The zero-order chi connectivity index (χ0) is 14.5. The summed E-state index contributed by atoms with van der Waals surface area (Å²) in [6.45, 7) is 5.10. The van der Waals surface area contributed by atoms with E-state index in [1.54, 1.807) is 11.9 Å². The number of hydrogen-bond donors (Lipinski definition) is 1.